The molecule has 0 aromatic heterocycles. The topological polar surface area (TPSA) is 90.2 Å². The van der Waals surface area contributed by atoms with Crippen molar-refractivity contribution in [1.82, 2.24) is 0 Å². The molecule has 1 aliphatic heterocycles. The molecule has 25 heavy (non-hydrogen) atoms. The first-order chi connectivity index (χ1) is 11.7. The molecule has 146 valence electrons. The maximum absolute atomic E-state index is 10.6. The monoisotopic (exact) mass is 356 g/mol. The van der Waals surface area contributed by atoms with Crippen molar-refractivity contribution in [3.8, 4) is 0 Å². The Labute approximate surface area is 151 Å². The van der Waals surface area contributed by atoms with Crippen molar-refractivity contribution in [2.75, 3.05) is 19.8 Å². The highest BCUT2D eigenvalue weighted by Gasteiger charge is 2.68. The summed E-state index contributed by atoms with van der Waals surface area (Å²) in [5.74, 6) is 0.549. The van der Waals surface area contributed by atoms with Gasteiger partial charge in [0.1, 0.15) is 0 Å². The van der Waals surface area contributed by atoms with Crippen LogP contribution in [-0.4, -0.2) is 57.6 Å². The van der Waals surface area contributed by atoms with Crippen LogP contribution in [0.1, 0.15) is 65.7 Å². The maximum atomic E-state index is 10.6. The van der Waals surface area contributed by atoms with E-state index in [4.69, 9.17) is 4.74 Å². The van der Waals surface area contributed by atoms with Crippen molar-refractivity contribution in [2.45, 2.75) is 83.0 Å². The third-order valence-electron chi connectivity index (χ3n) is 8.46. The summed E-state index contributed by atoms with van der Waals surface area (Å²) < 4.78 is 6.75. The van der Waals surface area contributed by atoms with E-state index in [1.165, 1.54) is 0 Å². The van der Waals surface area contributed by atoms with Gasteiger partial charge in [-0.3, -0.25) is 0 Å². The fourth-order valence-corrected chi connectivity index (χ4v) is 6.70. The van der Waals surface area contributed by atoms with E-state index in [0.717, 1.165) is 32.1 Å². The van der Waals surface area contributed by atoms with Crippen molar-refractivity contribution >= 4 is 0 Å². The van der Waals surface area contributed by atoms with E-state index in [9.17, 15) is 20.4 Å². The molecule has 3 aliphatic rings. The molecule has 3 unspecified atom stereocenters. The first-order valence-electron chi connectivity index (χ1n) is 9.94. The largest absolute Gasteiger partial charge is 0.396 e. The summed E-state index contributed by atoms with van der Waals surface area (Å²) >= 11 is 0. The van der Waals surface area contributed by atoms with Gasteiger partial charge < -0.3 is 25.2 Å². The molecule has 4 N–H and O–H groups in total. The zero-order valence-electron chi connectivity index (χ0n) is 16.0. The molecule has 7 atom stereocenters. The molecule has 1 heterocycles. The summed E-state index contributed by atoms with van der Waals surface area (Å²) in [7, 11) is 0. The molecule has 0 aromatic rings. The third-order valence-corrected chi connectivity index (χ3v) is 8.46. The molecule has 5 nitrogen and oxygen atoms in total. The summed E-state index contributed by atoms with van der Waals surface area (Å²) in [5, 5.41) is 40.2. The van der Waals surface area contributed by atoms with Crippen LogP contribution in [0.4, 0.5) is 0 Å². The maximum Gasteiger partial charge on any atom is 0.0942 e. The average molecular weight is 357 g/mol. The van der Waals surface area contributed by atoms with Gasteiger partial charge in [-0.25, -0.2) is 0 Å². The molecule has 0 bridgehead atoms. The van der Waals surface area contributed by atoms with Gasteiger partial charge in [-0.05, 0) is 50.4 Å². The fraction of sp³-hybridized carbons (Fsp3) is 1.00. The lowest BCUT2D eigenvalue weighted by atomic mass is 9.43. The third kappa shape index (κ3) is 2.53. The van der Waals surface area contributed by atoms with Crippen LogP contribution in [-0.2, 0) is 4.74 Å². The summed E-state index contributed by atoms with van der Waals surface area (Å²) in [4.78, 5) is 0. The van der Waals surface area contributed by atoms with Crippen LogP contribution in [0.25, 0.3) is 0 Å². The Morgan fingerprint density at radius 2 is 1.68 bits per heavy atom. The van der Waals surface area contributed by atoms with E-state index in [-0.39, 0.29) is 36.8 Å². The smallest absolute Gasteiger partial charge is 0.0942 e. The highest BCUT2D eigenvalue weighted by molar-refractivity contribution is 5.17. The van der Waals surface area contributed by atoms with Crippen LogP contribution in [0.5, 0.6) is 0 Å². The predicted molar refractivity (Wildman–Crippen MR) is 95.0 cm³/mol. The molecule has 3 rings (SSSR count). The van der Waals surface area contributed by atoms with E-state index >= 15 is 0 Å². The van der Waals surface area contributed by atoms with Gasteiger partial charge in [0, 0.05) is 23.9 Å². The minimum atomic E-state index is -0.653. The zero-order valence-corrected chi connectivity index (χ0v) is 16.0. The Morgan fingerprint density at radius 1 is 0.960 bits per heavy atom. The van der Waals surface area contributed by atoms with E-state index in [1.807, 2.05) is 6.92 Å². The Kier molecular flexibility index (Phi) is 5.05. The first-order valence-corrected chi connectivity index (χ1v) is 9.94. The Bertz CT molecular complexity index is 498. The zero-order chi connectivity index (χ0) is 18.5. The Hall–Kier alpha value is -0.200. The summed E-state index contributed by atoms with van der Waals surface area (Å²) in [6, 6.07) is 0. The highest BCUT2D eigenvalue weighted by Crippen LogP contribution is 2.67. The summed E-state index contributed by atoms with van der Waals surface area (Å²) in [5.41, 5.74) is -1.66. The van der Waals surface area contributed by atoms with Gasteiger partial charge in [-0.1, -0.05) is 20.8 Å². The number of hydrogen-bond acceptors (Lipinski definition) is 5. The molecule has 0 amide bonds. The molecule has 0 aromatic carbocycles. The molecular weight excluding hydrogens is 320 g/mol. The lowest BCUT2D eigenvalue weighted by molar-refractivity contribution is -0.272. The lowest BCUT2D eigenvalue weighted by Gasteiger charge is -2.65. The minimum absolute atomic E-state index is 0.0121. The van der Waals surface area contributed by atoms with Crippen molar-refractivity contribution in [2.24, 2.45) is 22.7 Å². The van der Waals surface area contributed by atoms with Gasteiger partial charge in [0.05, 0.1) is 30.5 Å². The lowest BCUT2D eigenvalue weighted by Crippen LogP contribution is -2.66. The van der Waals surface area contributed by atoms with Crippen molar-refractivity contribution in [1.29, 1.82) is 0 Å². The number of rotatable bonds is 4. The van der Waals surface area contributed by atoms with Gasteiger partial charge in [0.2, 0.25) is 0 Å². The van der Waals surface area contributed by atoms with Crippen LogP contribution < -0.4 is 0 Å². The molecule has 2 aliphatic carbocycles. The summed E-state index contributed by atoms with van der Waals surface area (Å²) in [6.45, 7) is 6.47. The van der Waals surface area contributed by atoms with Gasteiger partial charge in [-0.2, -0.15) is 0 Å². The second-order valence-corrected chi connectivity index (χ2v) is 9.47. The molecule has 0 radical (unpaired) electrons. The Balaban J connectivity index is 2.02. The number of ether oxygens (including phenoxy) is 1. The fourth-order valence-electron chi connectivity index (χ4n) is 6.70. The van der Waals surface area contributed by atoms with Gasteiger partial charge in [0.15, 0.2) is 0 Å². The number of hydrogen-bond donors (Lipinski definition) is 4. The SMILES string of the molecule is C[C@@H]1CCC2C(C)(CC[C@H](O)[C@@]2(C)CO)[C@]12CCC(CO)(CCO)O2. The van der Waals surface area contributed by atoms with Crippen LogP contribution in [0.3, 0.4) is 0 Å². The molecule has 3 fully saturated rings. The number of aliphatic hydroxyl groups is 4. The summed E-state index contributed by atoms with van der Waals surface area (Å²) in [6.07, 6.45) is 5.15. The second kappa shape index (κ2) is 6.45. The highest BCUT2D eigenvalue weighted by atomic mass is 16.5. The van der Waals surface area contributed by atoms with E-state index in [2.05, 4.69) is 13.8 Å². The first kappa shape index (κ1) is 19.6. The second-order valence-electron chi connectivity index (χ2n) is 9.47. The van der Waals surface area contributed by atoms with Crippen LogP contribution in [0.2, 0.25) is 0 Å². The van der Waals surface area contributed by atoms with Crippen molar-refractivity contribution < 1.29 is 25.2 Å². The Morgan fingerprint density at radius 3 is 2.28 bits per heavy atom. The van der Waals surface area contributed by atoms with E-state index in [1.54, 1.807) is 0 Å². The molecule has 2 saturated carbocycles. The van der Waals surface area contributed by atoms with Gasteiger partial charge in [-0.15, -0.1) is 0 Å². The normalized spacial score (nSPS) is 53.2. The van der Waals surface area contributed by atoms with Crippen LogP contribution in [0.15, 0.2) is 0 Å². The average Bonchev–Trinajstić information content (AvgIpc) is 2.99. The van der Waals surface area contributed by atoms with Crippen LogP contribution in [0, 0.1) is 22.7 Å². The van der Waals surface area contributed by atoms with E-state index < -0.39 is 17.1 Å². The molecule has 5 heteroatoms. The standard InChI is InChI=1S/C20H36O5/c1-14-4-5-15-17(2,12-22)16(24)6-7-18(15,3)20(14)9-8-19(13-23,25-20)10-11-21/h14-16,21-24H,4-13H2,1-3H3/t14-,15?,16+,17+,18?,19?,20+/m1/s1. The van der Waals surface area contributed by atoms with Crippen molar-refractivity contribution in [3.63, 3.8) is 0 Å². The molecule has 1 spiro atoms. The molecular formula is C20H36O5. The number of fused-ring (bicyclic) bond motifs is 2. The quantitative estimate of drug-likeness (QED) is 0.617. The molecule has 1 saturated heterocycles. The van der Waals surface area contributed by atoms with Gasteiger partial charge in [0.25, 0.3) is 0 Å². The minimum Gasteiger partial charge on any atom is -0.396 e. The predicted octanol–water partition coefficient (Wildman–Crippen LogP) is 1.85. The number of aliphatic hydroxyl groups excluding tert-OH is 4. The van der Waals surface area contributed by atoms with E-state index in [0.29, 0.717) is 18.8 Å². The van der Waals surface area contributed by atoms with Crippen LogP contribution >= 0.6 is 0 Å². The van der Waals surface area contributed by atoms with Gasteiger partial charge >= 0.3 is 0 Å². The van der Waals surface area contributed by atoms with Crippen molar-refractivity contribution in [3.05, 3.63) is 0 Å².